The molecule has 250 valence electrons. The molecule has 1 aromatic heterocycles. The maximum atomic E-state index is 7.48. The molecule has 0 fully saturated rings. The van der Waals surface area contributed by atoms with Gasteiger partial charge in [0.2, 0.25) is 0 Å². The van der Waals surface area contributed by atoms with Gasteiger partial charge in [0.05, 0.1) is 20.8 Å². The number of benzene rings is 5. The lowest BCUT2D eigenvalue weighted by Gasteiger charge is -2.38. The van der Waals surface area contributed by atoms with Crippen molar-refractivity contribution in [3.8, 4) is 45.3 Å². The molecule has 0 radical (unpaired) electrons. The third kappa shape index (κ3) is 5.01. The Morgan fingerprint density at radius 1 is 0.720 bits per heavy atom. The number of nitrogens with zero attached hydrogens (tertiary/aromatic N) is 2. The summed E-state index contributed by atoms with van der Waals surface area (Å²) in [6.07, 6.45) is 11.9. The number of ether oxygens (including phenoxy) is 4. The van der Waals surface area contributed by atoms with Gasteiger partial charge in [-0.3, -0.25) is 0 Å². The standard InChI is InChI=1S/C44H40N2O4/c1-6-7-22-49-33-15-11-31(12-16-33)44(30-9-13-32(47-4)14-10-30)21-20-37-41-40(38-24-34(48-5)17-19-35(38)42(37)50-44)36-18-8-28(23-39(36)43(41,2)3)29-25-45-27-46-26-29/h8-21,23-27H,6-7,22H2,1-5H3. The molecule has 50 heavy (non-hydrogen) atoms. The molecule has 0 spiro atoms. The second-order valence-corrected chi connectivity index (χ2v) is 13.5. The predicted octanol–water partition coefficient (Wildman–Crippen LogP) is 10.1. The quantitative estimate of drug-likeness (QED) is 0.144. The number of unbranched alkanes of at least 4 members (excludes halogenated alkanes) is 1. The Morgan fingerprint density at radius 2 is 1.40 bits per heavy atom. The lowest BCUT2D eigenvalue weighted by atomic mass is 9.76. The molecule has 5 aromatic carbocycles. The Labute approximate surface area is 293 Å². The van der Waals surface area contributed by atoms with Crippen molar-refractivity contribution in [2.75, 3.05) is 20.8 Å². The number of methoxy groups -OCH3 is 2. The molecule has 6 heteroatoms. The molecular formula is C44H40N2O4. The minimum atomic E-state index is -0.904. The molecule has 1 aliphatic carbocycles. The summed E-state index contributed by atoms with van der Waals surface area (Å²) in [4.78, 5) is 8.56. The third-order valence-electron chi connectivity index (χ3n) is 10.3. The third-order valence-corrected chi connectivity index (χ3v) is 10.3. The molecule has 1 aliphatic heterocycles. The lowest BCUT2D eigenvalue weighted by molar-refractivity contribution is 0.163. The first kappa shape index (κ1) is 31.6. The molecule has 0 amide bonds. The zero-order valence-electron chi connectivity index (χ0n) is 29.1. The van der Waals surface area contributed by atoms with Crippen LogP contribution in [0.4, 0.5) is 0 Å². The Kier molecular flexibility index (Phi) is 7.82. The van der Waals surface area contributed by atoms with Crippen molar-refractivity contribution in [2.45, 2.75) is 44.6 Å². The molecule has 0 saturated heterocycles. The van der Waals surface area contributed by atoms with Crippen LogP contribution in [0.5, 0.6) is 23.0 Å². The van der Waals surface area contributed by atoms with E-state index in [4.69, 9.17) is 18.9 Å². The first-order valence-corrected chi connectivity index (χ1v) is 17.2. The number of rotatable bonds is 9. The zero-order valence-corrected chi connectivity index (χ0v) is 29.1. The van der Waals surface area contributed by atoms with E-state index >= 15 is 0 Å². The summed E-state index contributed by atoms with van der Waals surface area (Å²) < 4.78 is 24.9. The van der Waals surface area contributed by atoms with Crippen LogP contribution in [0.1, 0.15) is 61.4 Å². The molecule has 2 heterocycles. The van der Waals surface area contributed by atoms with Gasteiger partial charge in [-0.15, -0.1) is 0 Å². The molecule has 0 bridgehead atoms. The first-order chi connectivity index (χ1) is 24.4. The fourth-order valence-electron chi connectivity index (χ4n) is 7.67. The Hall–Kier alpha value is -5.62. The Balaban J connectivity index is 1.34. The van der Waals surface area contributed by atoms with Crippen LogP contribution in [0.15, 0.2) is 110 Å². The minimum absolute atomic E-state index is 0.330. The highest BCUT2D eigenvalue weighted by atomic mass is 16.5. The lowest BCUT2D eigenvalue weighted by Crippen LogP contribution is -2.35. The van der Waals surface area contributed by atoms with Crippen molar-refractivity contribution >= 4 is 16.8 Å². The summed E-state index contributed by atoms with van der Waals surface area (Å²) in [6, 6.07) is 29.5. The second-order valence-electron chi connectivity index (χ2n) is 13.5. The van der Waals surface area contributed by atoms with Crippen LogP contribution < -0.4 is 18.9 Å². The minimum Gasteiger partial charge on any atom is -0.497 e. The smallest absolute Gasteiger partial charge is 0.178 e. The average Bonchev–Trinajstić information content (AvgIpc) is 3.41. The topological polar surface area (TPSA) is 62.7 Å². The van der Waals surface area contributed by atoms with Crippen molar-refractivity contribution in [3.05, 3.63) is 138 Å². The van der Waals surface area contributed by atoms with Gasteiger partial charge in [-0.2, -0.15) is 0 Å². The van der Waals surface area contributed by atoms with E-state index in [9.17, 15) is 0 Å². The number of aromatic nitrogens is 2. The SMILES string of the molecule is CCCCOc1ccc(C2(c3ccc(OC)cc3)C=Cc3c4c(c5cc(OC)ccc5c3O2)-c2ccc(-c3cncnc3)cc2C4(C)C)cc1. The molecule has 6 nitrogen and oxygen atoms in total. The molecule has 0 saturated carbocycles. The molecule has 1 atom stereocenters. The van der Waals surface area contributed by atoms with E-state index in [0.29, 0.717) is 6.61 Å². The molecule has 2 aliphatic rings. The van der Waals surface area contributed by atoms with Gasteiger partial charge < -0.3 is 18.9 Å². The van der Waals surface area contributed by atoms with Gasteiger partial charge in [0.1, 0.15) is 29.3 Å². The molecule has 1 unspecified atom stereocenters. The van der Waals surface area contributed by atoms with Gasteiger partial charge in [0, 0.05) is 45.4 Å². The van der Waals surface area contributed by atoms with Crippen LogP contribution in [0.2, 0.25) is 0 Å². The van der Waals surface area contributed by atoms with Gasteiger partial charge in [-0.1, -0.05) is 69.7 Å². The molecule has 0 N–H and O–H groups in total. The predicted molar refractivity (Wildman–Crippen MR) is 199 cm³/mol. The van der Waals surface area contributed by atoms with E-state index in [1.165, 1.54) is 22.3 Å². The summed E-state index contributed by atoms with van der Waals surface area (Å²) in [5, 5.41) is 2.13. The second kappa shape index (κ2) is 12.4. The summed E-state index contributed by atoms with van der Waals surface area (Å²) >= 11 is 0. The monoisotopic (exact) mass is 660 g/mol. The largest absolute Gasteiger partial charge is 0.497 e. The maximum absolute atomic E-state index is 7.48. The number of hydrogen-bond donors (Lipinski definition) is 0. The van der Waals surface area contributed by atoms with Gasteiger partial charge in [0.25, 0.3) is 0 Å². The zero-order chi connectivity index (χ0) is 34.5. The van der Waals surface area contributed by atoms with E-state index in [-0.39, 0.29) is 5.41 Å². The molecule has 6 aromatic rings. The van der Waals surface area contributed by atoms with Gasteiger partial charge >= 0.3 is 0 Å². The highest BCUT2D eigenvalue weighted by Crippen LogP contribution is 2.59. The highest BCUT2D eigenvalue weighted by Gasteiger charge is 2.44. The van der Waals surface area contributed by atoms with Crippen LogP contribution in [-0.2, 0) is 11.0 Å². The van der Waals surface area contributed by atoms with Crippen LogP contribution in [0.3, 0.4) is 0 Å². The average molecular weight is 661 g/mol. The van der Waals surface area contributed by atoms with Crippen molar-refractivity contribution in [3.63, 3.8) is 0 Å². The summed E-state index contributed by atoms with van der Waals surface area (Å²) in [5.41, 5.74) is 8.87. The highest BCUT2D eigenvalue weighted by molar-refractivity contribution is 6.09. The maximum Gasteiger partial charge on any atom is 0.178 e. The Bertz CT molecular complexity index is 2240. The van der Waals surface area contributed by atoms with E-state index in [2.05, 4.69) is 97.5 Å². The van der Waals surface area contributed by atoms with Crippen LogP contribution in [-0.4, -0.2) is 30.8 Å². The fourth-order valence-corrected chi connectivity index (χ4v) is 7.67. The van der Waals surface area contributed by atoms with E-state index in [1.54, 1.807) is 20.5 Å². The number of hydrogen-bond acceptors (Lipinski definition) is 6. The van der Waals surface area contributed by atoms with Gasteiger partial charge in [-0.25, -0.2) is 9.97 Å². The summed E-state index contributed by atoms with van der Waals surface area (Å²) in [5.74, 6) is 3.29. The van der Waals surface area contributed by atoms with Crippen LogP contribution in [0, 0.1) is 0 Å². The van der Waals surface area contributed by atoms with Crippen molar-refractivity contribution < 1.29 is 18.9 Å². The number of fused-ring (bicyclic) bond motifs is 8. The normalized spacial score (nSPS) is 16.7. The summed E-state index contributed by atoms with van der Waals surface area (Å²) in [6.45, 7) is 7.49. The van der Waals surface area contributed by atoms with Gasteiger partial charge in [0.15, 0.2) is 5.60 Å². The molecule has 8 rings (SSSR count). The molecular weight excluding hydrogens is 620 g/mol. The van der Waals surface area contributed by atoms with Crippen molar-refractivity contribution in [1.82, 2.24) is 9.97 Å². The van der Waals surface area contributed by atoms with E-state index < -0.39 is 5.60 Å². The Morgan fingerprint density at radius 3 is 2.08 bits per heavy atom. The van der Waals surface area contributed by atoms with E-state index in [0.717, 1.165) is 74.4 Å². The van der Waals surface area contributed by atoms with Crippen LogP contribution >= 0.6 is 0 Å². The first-order valence-electron chi connectivity index (χ1n) is 17.2. The van der Waals surface area contributed by atoms with Crippen LogP contribution in [0.25, 0.3) is 39.1 Å². The van der Waals surface area contributed by atoms with E-state index in [1.807, 2.05) is 42.7 Å². The van der Waals surface area contributed by atoms with Crippen molar-refractivity contribution in [1.29, 1.82) is 0 Å². The summed E-state index contributed by atoms with van der Waals surface area (Å²) in [7, 11) is 3.40. The van der Waals surface area contributed by atoms with Gasteiger partial charge in [-0.05, 0) is 94.2 Å². The van der Waals surface area contributed by atoms with Crippen molar-refractivity contribution in [2.24, 2.45) is 0 Å². The fraction of sp³-hybridized carbons (Fsp3) is 0.227.